The monoisotopic (exact) mass is 483 g/mol. The summed E-state index contributed by atoms with van der Waals surface area (Å²) in [5.74, 6) is -1.39. The van der Waals surface area contributed by atoms with Gasteiger partial charge >= 0.3 is 11.9 Å². The number of aryl methyl sites for hydroxylation is 2. The third-order valence-corrected chi connectivity index (χ3v) is 6.36. The molecule has 0 aliphatic rings. The van der Waals surface area contributed by atoms with E-state index in [-0.39, 0.29) is 17.9 Å². The van der Waals surface area contributed by atoms with Gasteiger partial charge in [-0.05, 0) is 61.4 Å². The summed E-state index contributed by atoms with van der Waals surface area (Å²) >= 11 is 3.29. The number of carbonyl (C=O) groups is 2. The Morgan fingerprint density at radius 2 is 1.59 bits per heavy atom. The molecule has 0 fully saturated rings. The first-order chi connectivity index (χ1) is 13.6. The molecular weight excluding hydrogens is 462 g/mol. The zero-order valence-electron chi connectivity index (χ0n) is 16.3. The van der Waals surface area contributed by atoms with Crippen LogP contribution in [0.1, 0.15) is 17.5 Å². The van der Waals surface area contributed by atoms with Gasteiger partial charge in [0.05, 0.1) is 24.1 Å². The van der Waals surface area contributed by atoms with Gasteiger partial charge in [-0.3, -0.25) is 9.10 Å². The highest BCUT2D eigenvalue weighted by Crippen LogP contribution is 2.27. The molecule has 0 aliphatic heterocycles. The molecule has 2 rings (SSSR count). The fraction of sp³-hybridized carbons (Fsp3) is 0.300. The molecule has 0 bridgehead atoms. The van der Waals surface area contributed by atoms with Crippen molar-refractivity contribution in [3.63, 3.8) is 0 Å². The molecule has 0 spiro atoms. The Morgan fingerprint density at radius 1 is 1.00 bits per heavy atom. The highest BCUT2D eigenvalue weighted by molar-refractivity contribution is 9.10. The molecule has 0 N–H and O–H groups in total. The Morgan fingerprint density at radius 3 is 2.14 bits per heavy atom. The van der Waals surface area contributed by atoms with Gasteiger partial charge in [-0.25, -0.2) is 13.2 Å². The van der Waals surface area contributed by atoms with Crippen LogP contribution < -0.4 is 4.31 Å². The summed E-state index contributed by atoms with van der Waals surface area (Å²) in [6.45, 7) is 3.08. The van der Waals surface area contributed by atoms with Gasteiger partial charge < -0.3 is 9.47 Å². The highest BCUT2D eigenvalue weighted by atomic mass is 79.9. The lowest BCUT2D eigenvalue weighted by molar-refractivity contribution is -0.156. The Kier molecular flexibility index (Phi) is 7.80. The van der Waals surface area contributed by atoms with Gasteiger partial charge in [-0.1, -0.05) is 22.0 Å². The van der Waals surface area contributed by atoms with E-state index in [0.29, 0.717) is 5.69 Å². The van der Waals surface area contributed by atoms with E-state index in [1.165, 1.54) is 23.5 Å². The van der Waals surface area contributed by atoms with Crippen molar-refractivity contribution >= 4 is 43.6 Å². The Bertz CT molecular complexity index is 968. The number of hydrogen-bond donors (Lipinski definition) is 0. The van der Waals surface area contributed by atoms with Crippen LogP contribution in [0.4, 0.5) is 5.69 Å². The number of benzene rings is 2. The highest BCUT2D eigenvalue weighted by Gasteiger charge is 2.26. The summed E-state index contributed by atoms with van der Waals surface area (Å²) in [5, 5.41) is 0. The Labute approximate surface area is 178 Å². The number of nitrogens with zero attached hydrogens (tertiary/aromatic N) is 1. The van der Waals surface area contributed by atoms with E-state index in [2.05, 4.69) is 20.7 Å². The third-order valence-electron chi connectivity index (χ3n) is 3.99. The predicted molar refractivity (Wildman–Crippen MR) is 112 cm³/mol. The zero-order chi connectivity index (χ0) is 21.6. The standard InChI is InChI=1S/C20H22BrNO6S/c1-14-10-15(2)12-17(11-14)22(9-8-19(23)28-13-20(24)27-3)29(25,26)18-6-4-16(21)5-7-18/h4-7,10-12H,8-9,13H2,1-3H3. The minimum absolute atomic E-state index is 0.0998. The lowest BCUT2D eigenvalue weighted by atomic mass is 10.1. The van der Waals surface area contributed by atoms with E-state index < -0.39 is 28.6 Å². The molecule has 0 radical (unpaired) electrons. The van der Waals surface area contributed by atoms with Gasteiger partial charge in [-0.2, -0.15) is 0 Å². The lowest BCUT2D eigenvalue weighted by Crippen LogP contribution is -2.33. The minimum Gasteiger partial charge on any atom is -0.466 e. The van der Waals surface area contributed by atoms with Gasteiger partial charge in [0.15, 0.2) is 6.61 Å². The molecule has 156 valence electrons. The average molecular weight is 484 g/mol. The lowest BCUT2D eigenvalue weighted by Gasteiger charge is -2.25. The number of halogens is 1. The molecule has 7 nitrogen and oxygen atoms in total. The first-order valence-corrected chi connectivity index (χ1v) is 11.0. The molecule has 0 aliphatic carbocycles. The molecule has 2 aromatic carbocycles. The summed E-state index contributed by atoms with van der Waals surface area (Å²) in [6, 6.07) is 11.7. The van der Waals surface area contributed by atoms with Crippen LogP contribution in [0.25, 0.3) is 0 Å². The van der Waals surface area contributed by atoms with Crippen LogP contribution in [0.3, 0.4) is 0 Å². The van der Waals surface area contributed by atoms with E-state index in [4.69, 9.17) is 4.74 Å². The summed E-state index contributed by atoms with van der Waals surface area (Å²) in [5.41, 5.74) is 2.24. The molecule has 0 aromatic heterocycles. The smallest absolute Gasteiger partial charge is 0.344 e. The SMILES string of the molecule is COC(=O)COC(=O)CCN(c1cc(C)cc(C)c1)S(=O)(=O)c1ccc(Br)cc1. The van der Waals surface area contributed by atoms with E-state index in [1.54, 1.807) is 24.3 Å². The Balaban J connectivity index is 2.32. The van der Waals surface area contributed by atoms with Crippen molar-refractivity contribution < 1.29 is 27.5 Å². The van der Waals surface area contributed by atoms with E-state index >= 15 is 0 Å². The quantitative estimate of drug-likeness (QED) is 0.534. The van der Waals surface area contributed by atoms with Crippen molar-refractivity contribution in [3.05, 3.63) is 58.1 Å². The zero-order valence-corrected chi connectivity index (χ0v) is 18.7. The van der Waals surface area contributed by atoms with Crippen LogP contribution in [0.5, 0.6) is 0 Å². The van der Waals surface area contributed by atoms with Crippen LogP contribution in [0.15, 0.2) is 51.8 Å². The second-order valence-electron chi connectivity index (χ2n) is 6.36. The number of rotatable bonds is 8. The van der Waals surface area contributed by atoms with Crippen molar-refractivity contribution in [1.29, 1.82) is 0 Å². The molecule has 0 saturated heterocycles. The number of esters is 2. The normalized spacial score (nSPS) is 11.0. The summed E-state index contributed by atoms with van der Waals surface area (Å²) in [4.78, 5) is 23.2. The number of carbonyl (C=O) groups excluding carboxylic acids is 2. The van der Waals surface area contributed by atoms with Crippen molar-refractivity contribution in [2.75, 3.05) is 24.6 Å². The molecule has 0 amide bonds. The maximum Gasteiger partial charge on any atom is 0.344 e. The molecule has 0 unspecified atom stereocenters. The molecule has 2 aromatic rings. The van der Waals surface area contributed by atoms with Crippen molar-refractivity contribution in [1.82, 2.24) is 0 Å². The first-order valence-electron chi connectivity index (χ1n) is 8.72. The van der Waals surface area contributed by atoms with Crippen LogP contribution in [0.2, 0.25) is 0 Å². The van der Waals surface area contributed by atoms with Gasteiger partial charge in [-0.15, -0.1) is 0 Å². The van der Waals surface area contributed by atoms with Gasteiger partial charge in [0.25, 0.3) is 10.0 Å². The number of anilines is 1. The maximum absolute atomic E-state index is 13.3. The molecular formula is C20H22BrNO6S. The molecule has 9 heteroatoms. The van der Waals surface area contributed by atoms with Crippen LogP contribution in [-0.2, 0) is 29.1 Å². The van der Waals surface area contributed by atoms with Crippen LogP contribution in [-0.4, -0.2) is 40.6 Å². The van der Waals surface area contributed by atoms with Crippen LogP contribution >= 0.6 is 15.9 Å². The molecule has 0 atom stereocenters. The third kappa shape index (κ3) is 6.30. The molecule has 0 saturated carbocycles. The number of ether oxygens (including phenoxy) is 2. The summed E-state index contributed by atoms with van der Waals surface area (Å²) < 4.78 is 37.7. The van der Waals surface area contributed by atoms with Crippen molar-refractivity contribution in [3.8, 4) is 0 Å². The van der Waals surface area contributed by atoms with Gasteiger partial charge in [0.2, 0.25) is 0 Å². The fourth-order valence-corrected chi connectivity index (χ4v) is 4.39. The van der Waals surface area contributed by atoms with Crippen LogP contribution in [0, 0.1) is 13.8 Å². The fourth-order valence-electron chi connectivity index (χ4n) is 2.68. The maximum atomic E-state index is 13.3. The second kappa shape index (κ2) is 9.89. The summed E-state index contributed by atoms with van der Waals surface area (Å²) in [6.07, 6.45) is -0.222. The largest absolute Gasteiger partial charge is 0.466 e. The predicted octanol–water partition coefficient (Wildman–Crippen LogP) is 3.37. The number of sulfonamides is 1. The van der Waals surface area contributed by atoms with E-state index in [0.717, 1.165) is 15.6 Å². The first kappa shape index (κ1) is 22.9. The van der Waals surface area contributed by atoms with E-state index in [9.17, 15) is 18.0 Å². The average Bonchev–Trinajstić information content (AvgIpc) is 2.65. The molecule has 0 heterocycles. The van der Waals surface area contributed by atoms with Gasteiger partial charge in [0, 0.05) is 11.0 Å². The summed E-state index contributed by atoms with van der Waals surface area (Å²) in [7, 11) is -2.74. The number of methoxy groups -OCH3 is 1. The van der Waals surface area contributed by atoms with E-state index in [1.807, 2.05) is 19.9 Å². The molecule has 29 heavy (non-hydrogen) atoms. The van der Waals surface area contributed by atoms with Gasteiger partial charge in [0.1, 0.15) is 0 Å². The van der Waals surface area contributed by atoms with Crippen molar-refractivity contribution in [2.24, 2.45) is 0 Å². The number of hydrogen-bond acceptors (Lipinski definition) is 6. The Hall–Kier alpha value is -2.39. The topological polar surface area (TPSA) is 90.0 Å². The second-order valence-corrected chi connectivity index (χ2v) is 9.14. The minimum atomic E-state index is -3.92. The van der Waals surface area contributed by atoms with Crippen molar-refractivity contribution in [2.45, 2.75) is 25.2 Å².